The number of carbonyl (C=O) groups excluding carboxylic acids is 1. The highest BCUT2D eigenvalue weighted by Crippen LogP contribution is 2.28. The lowest BCUT2D eigenvalue weighted by Crippen LogP contribution is -2.38. The molecule has 3 atom stereocenters. The van der Waals surface area contributed by atoms with Gasteiger partial charge in [-0.05, 0) is 31.4 Å². The zero-order valence-corrected chi connectivity index (χ0v) is 14.4. The van der Waals surface area contributed by atoms with E-state index in [-0.39, 0.29) is 11.8 Å². The van der Waals surface area contributed by atoms with Crippen molar-refractivity contribution in [3.05, 3.63) is 65.7 Å². The van der Waals surface area contributed by atoms with Crippen LogP contribution in [0, 0.1) is 17.6 Å². The van der Waals surface area contributed by atoms with Gasteiger partial charge in [-0.25, -0.2) is 8.78 Å². The monoisotopic (exact) mass is 375 g/mol. The van der Waals surface area contributed by atoms with E-state index in [1.807, 2.05) is 0 Å². The van der Waals surface area contributed by atoms with Gasteiger partial charge in [-0.3, -0.25) is 9.59 Å². The molecule has 0 bridgehead atoms. The van der Waals surface area contributed by atoms with E-state index in [1.165, 1.54) is 6.07 Å². The Kier molecular flexibility index (Phi) is 5.69. The molecule has 1 aliphatic carbocycles. The van der Waals surface area contributed by atoms with E-state index >= 15 is 0 Å². The maximum absolute atomic E-state index is 13.5. The lowest BCUT2D eigenvalue weighted by Gasteiger charge is -2.21. The number of carbonyl (C=O) groups is 2. The van der Waals surface area contributed by atoms with Crippen LogP contribution in [0.15, 0.2) is 48.5 Å². The highest BCUT2D eigenvalue weighted by molar-refractivity contribution is 5.83. The topological polar surface area (TPSA) is 75.6 Å². The van der Waals surface area contributed by atoms with Gasteiger partial charge in [0.1, 0.15) is 5.75 Å². The van der Waals surface area contributed by atoms with Crippen LogP contribution >= 0.6 is 0 Å². The smallest absolute Gasteiger partial charge is 0.306 e. The number of benzene rings is 2. The second kappa shape index (κ2) is 8.16. The summed E-state index contributed by atoms with van der Waals surface area (Å²) in [4.78, 5) is 23.9. The fourth-order valence-corrected chi connectivity index (χ4v) is 3.20. The van der Waals surface area contributed by atoms with E-state index in [9.17, 15) is 18.4 Å². The summed E-state index contributed by atoms with van der Waals surface area (Å²) in [5, 5.41) is 11.9. The van der Waals surface area contributed by atoms with Crippen molar-refractivity contribution in [1.29, 1.82) is 0 Å². The first-order valence-electron chi connectivity index (χ1n) is 8.64. The summed E-state index contributed by atoms with van der Waals surface area (Å²) in [7, 11) is 0. The molecule has 5 nitrogen and oxygen atoms in total. The highest BCUT2D eigenvalue weighted by atomic mass is 19.2. The van der Waals surface area contributed by atoms with Crippen LogP contribution in [0.3, 0.4) is 0 Å². The van der Waals surface area contributed by atoms with Gasteiger partial charge in [-0.2, -0.15) is 0 Å². The molecule has 1 saturated carbocycles. The van der Waals surface area contributed by atoms with Gasteiger partial charge in [-0.15, -0.1) is 0 Å². The van der Waals surface area contributed by atoms with Crippen molar-refractivity contribution in [1.82, 2.24) is 5.32 Å². The molecule has 2 N–H and O–H groups in total. The Morgan fingerprint density at radius 1 is 1.07 bits per heavy atom. The first-order valence-corrected chi connectivity index (χ1v) is 8.64. The Morgan fingerprint density at radius 2 is 1.81 bits per heavy atom. The Balaban J connectivity index is 1.76. The fourth-order valence-electron chi connectivity index (χ4n) is 3.20. The number of rotatable bonds is 6. The van der Waals surface area contributed by atoms with E-state index in [2.05, 4.69) is 5.32 Å². The molecule has 2 aromatic rings. The summed E-state index contributed by atoms with van der Waals surface area (Å²) < 4.78 is 32.2. The second-order valence-electron chi connectivity index (χ2n) is 6.54. The number of amides is 1. The van der Waals surface area contributed by atoms with Crippen LogP contribution in [0.25, 0.3) is 0 Å². The second-order valence-corrected chi connectivity index (χ2v) is 6.54. The van der Waals surface area contributed by atoms with Gasteiger partial charge >= 0.3 is 5.97 Å². The summed E-state index contributed by atoms with van der Waals surface area (Å²) in [5.41, 5.74) is 0.549. The minimum absolute atomic E-state index is 0.0211. The normalized spacial score (nSPS) is 20.1. The molecule has 27 heavy (non-hydrogen) atoms. The molecular weight excluding hydrogens is 356 g/mol. The molecule has 0 aromatic heterocycles. The molecule has 1 unspecified atom stereocenters. The summed E-state index contributed by atoms with van der Waals surface area (Å²) in [6.45, 7) is 0. The minimum atomic E-state index is -1.07. The molecule has 1 aliphatic rings. The van der Waals surface area contributed by atoms with Crippen LogP contribution in [0.4, 0.5) is 8.78 Å². The minimum Gasteiger partial charge on any atom is -0.481 e. The molecule has 0 aliphatic heterocycles. The van der Waals surface area contributed by atoms with E-state index < -0.39 is 35.5 Å². The van der Waals surface area contributed by atoms with Crippen molar-refractivity contribution >= 4 is 11.9 Å². The van der Waals surface area contributed by atoms with Crippen molar-refractivity contribution in [3.63, 3.8) is 0 Å². The van der Waals surface area contributed by atoms with Crippen LogP contribution < -0.4 is 10.1 Å². The zero-order valence-electron chi connectivity index (χ0n) is 14.4. The molecule has 0 saturated heterocycles. The van der Waals surface area contributed by atoms with E-state index in [0.29, 0.717) is 24.8 Å². The summed E-state index contributed by atoms with van der Waals surface area (Å²) in [5.74, 6) is -3.86. The number of ether oxygens (including phenoxy) is 1. The van der Waals surface area contributed by atoms with Gasteiger partial charge in [0.25, 0.3) is 5.91 Å². The number of nitrogens with one attached hydrogen (secondary N) is 1. The molecular formula is C20H19F2NO4. The molecule has 1 amide bonds. The first kappa shape index (κ1) is 18.8. The Morgan fingerprint density at radius 3 is 2.44 bits per heavy atom. The molecule has 0 spiro atoms. The number of carboxylic acids is 1. The van der Waals surface area contributed by atoms with E-state index in [4.69, 9.17) is 9.84 Å². The SMILES string of the molecule is O=C(N[C@@H]1CC[C@H](C(=O)O)C1)C(Oc1ccc(F)c(F)c1)c1ccccc1. The highest BCUT2D eigenvalue weighted by Gasteiger charge is 2.33. The van der Waals surface area contributed by atoms with Crippen molar-refractivity contribution in [2.45, 2.75) is 31.4 Å². The molecule has 3 rings (SSSR count). The Hall–Kier alpha value is -2.96. The van der Waals surface area contributed by atoms with Crippen molar-refractivity contribution in [3.8, 4) is 5.75 Å². The predicted molar refractivity (Wildman–Crippen MR) is 93.1 cm³/mol. The number of hydrogen-bond acceptors (Lipinski definition) is 3. The molecule has 7 heteroatoms. The lowest BCUT2D eigenvalue weighted by atomic mass is 10.1. The van der Waals surface area contributed by atoms with Crippen LogP contribution in [0.1, 0.15) is 30.9 Å². The van der Waals surface area contributed by atoms with Gasteiger partial charge in [0.05, 0.1) is 5.92 Å². The number of halogens is 2. The van der Waals surface area contributed by atoms with E-state index in [1.54, 1.807) is 30.3 Å². The van der Waals surface area contributed by atoms with Crippen LogP contribution in [0.5, 0.6) is 5.75 Å². The molecule has 2 aromatic carbocycles. The third-order valence-electron chi connectivity index (χ3n) is 4.61. The summed E-state index contributed by atoms with van der Waals surface area (Å²) in [6.07, 6.45) is 0.351. The standard InChI is InChI=1S/C20H19F2NO4/c21-16-9-8-15(11-17(16)22)27-18(12-4-2-1-3-5-12)19(24)23-14-7-6-13(10-14)20(25)26/h1-5,8-9,11,13-14,18H,6-7,10H2,(H,23,24)(H,25,26)/t13-,14+,18?/m0/s1. The van der Waals surface area contributed by atoms with Crippen LogP contribution in [-0.4, -0.2) is 23.0 Å². The van der Waals surface area contributed by atoms with Gasteiger partial charge in [0.2, 0.25) is 6.10 Å². The third kappa shape index (κ3) is 4.61. The molecule has 142 valence electrons. The average Bonchev–Trinajstić information content (AvgIpc) is 3.12. The van der Waals surface area contributed by atoms with Gasteiger partial charge in [0.15, 0.2) is 11.6 Å². The predicted octanol–water partition coefficient (Wildman–Crippen LogP) is 3.45. The number of hydrogen-bond donors (Lipinski definition) is 2. The maximum atomic E-state index is 13.5. The first-order chi connectivity index (χ1) is 12.9. The quantitative estimate of drug-likeness (QED) is 0.811. The maximum Gasteiger partial charge on any atom is 0.306 e. The number of aliphatic carboxylic acids is 1. The zero-order chi connectivity index (χ0) is 19.4. The van der Waals surface area contributed by atoms with Crippen molar-refractivity contribution < 1.29 is 28.2 Å². The van der Waals surface area contributed by atoms with Crippen LogP contribution in [-0.2, 0) is 9.59 Å². The Labute approximate surface area is 155 Å². The van der Waals surface area contributed by atoms with Gasteiger partial charge < -0.3 is 15.2 Å². The summed E-state index contributed by atoms with van der Waals surface area (Å²) in [6, 6.07) is 11.4. The molecule has 0 heterocycles. The molecule has 0 radical (unpaired) electrons. The van der Waals surface area contributed by atoms with Gasteiger partial charge in [0, 0.05) is 17.7 Å². The van der Waals surface area contributed by atoms with Gasteiger partial charge in [-0.1, -0.05) is 30.3 Å². The van der Waals surface area contributed by atoms with Crippen molar-refractivity contribution in [2.24, 2.45) is 5.92 Å². The summed E-state index contributed by atoms with van der Waals surface area (Å²) >= 11 is 0. The largest absolute Gasteiger partial charge is 0.481 e. The van der Waals surface area contributed by atoms with Crippen molar-refractivity contribution in [2.75, 3.05) is 0 Å². The average molecular weight is 375 g/mol. The Bertz CT molecular complexity index is 828. The lowest BCUT2D eigenvalue weighted by molar-refractivity contribution is -0.141. The van der Waals surface area contributed by atoms with E-state index in [0.717, 1.165) is 12.1 Å². The molecule has 1 fully saturated rings. The third-order valence-corrected chi connectivity index (χ3v) is 4.61. The van der Waals surface area contributed by atoms with Crippen LogP contribution in [0.2, 0.25) is 0 Å². The number of carboxylic acid groups (broad SMARTS) is 1. The fraction of sp³-hybridized carbons (Fsp3) is 0.300.